The lowest BCUT2D eigenvalue weighted by Crippen LogP contribution is -2.15. The number of aromatic nitrogens is 5. The van der Waals surface area contributed by atoms with E-state index in [2.05, 4.69) is 25.1 Å². The number of anilines is 1. The summed E-state index contributed by atoms with van der Waals surface area (Å²) in [7, 11) is 3.78. The number of benzene rings is 1. The van der Waals surface area contributed by atoms with E-state index in [1.54, 1.807) is 6.20 Å². The number of H-pyrrole nitrogens is 1. The van der Waals surface area contributed by atoms with Crippen LogP contribution in [0.3, 0.4) is 0 Å². The fourth-order valence-electron chi connectivity index (χ4n) is 1.95. The van der Waals surface area contributed by atoms with Crippen LogP contribution in [0.2, 0.25) is 0 Å². The number of nitrogens with one attached hydrogen (secondary N) is 1. The molecule has 1 N–H and O–H groups in total. The largest absolute Gasteiger partial charge is 0.424 e. The molecule has 7 nitrogen and oxygen atoms in total. The average molecular weight is 298 g/mol. The second-order valence-electron chi connectivity index (χ2n) is 5.55. The van der Waals surface area contributed by atoms with Gasteiger partial charge in [-0.1, -0.05) is 13.8 Å². The minimum Gasteiger partial charge on any atom is -0.424 e. The van der Waals surface area contributed by atoms with Crippen molar-refractivity contribution in [3.05, 3.63) is 30.2 Å². The van der Waals surface area contributed by atoms with E-state index < -0.39 is 0 Å². The van der Waals surface area contributed by atoms with Gasteiger partial charge in [-0.3, -0.25) is 5.10 Å². The maximum absolute atomic E-state index is 5.80. The van der Waals surface area contributed by atoms with Gasteiger partial charge in [0, 0.05) is 31.5 Å². The topological polar surface area (TPSA) is 79.8 Å². The molecule has 2 aromatic heterocycles. The summed E-state index contributed by atoms with van der Waals surface area (Å²) < 4.78 is 5.80. The number of nitrogens with zero attached hydrogens (tertiary/aromatic N) is 5. The monoisotopic (exact) mass is 298 g/mol. The van der Waals surface area contributed by atoms with Crippen LogP contribution in [0.1, 0.15) is 25.6 Å². The van der Waals surface area contributed by atoms with Crippen LogP contribution < -0.4 is 9.64 Å². The first-order valence-electron chi connectivity index (χ1n) is 7.07. The van der Waals surface area contributed by atoms with E-state index in [0.29, 0.717) is 23.5 Å². The van der Waals surface area contributed by atoms with Crippen LogP contribution in [-0.2, 0) is 0 Å². The fraction of sp³-hybridized carbons (Fsp3) is 0.333. The molecule has 0 aliphatic rings. The van der Waals surface area contributed by atoms with Crippen molar-refractivity contribution in [2.75, 3.05) is 19.0 Å². The molecule has 0 amide bonds. The van der Waals surface area contributed by atoms with Gasteiger partial charge in [-0.15, -0.1) is 0 Å². The third-order valence-electron chi connectivity index (χ3n) is 3.16. The number of fused-ring (bicyclic) bond motifs is 1. The summed E-state index contributed by atoms with van der Waals surface area (Å²) >= 11 is 0. The first-order valence-corrected chi connectivity index (χ1v) is 7.07. The lowest BCUT2D eigenvalue weighted by molar-refractivity contribution is 0.435. The second kappa shape index (κ2) is 5.59. The summed E-state index contributed by atoms with van der Waals surface area (Å²) in [5.41, 5.74) is 0.906. The van der Waals surface area contributed by atoms with Crippen molar-refractivity contribution in [3.8, 4) is 11.8 Å². The molecule has 2 heterocycles. The maximum Gasteiger partial charge on any atom is 0.327 e. The zero-order chi connectivity index (χ0) is 15.7. The second-order valence-corrected chi connectivity index (χ2v) is 5.55. The predicted octanol–water partition coefficient (Wildman–Crippen LogP) is 2.73. The lowest BCUT2D eigenvalue weighted by atomic mass is 10.2. The highest BCUT2D eigenvalue weighted by atomic mass is 16.5. The fourth-order valence-corrected chi connectivity index (χ4v) is 1.95. The normalized spacial score (nSPS) is 11.1. The summed E-state index contributed by atoms with van der Waals surface area (Å²) in [6, 6.07) is 5.97. The zero-order valence-corrected chi connectivity index (χ0v) is 13.0. The Kier molecular flexibility index (Phi) is 3.62. The van der Waals surface area contributed by atoms with E-state index >= 15 is 0 Å². The molecular formula is C15H18N6O. The highest BCUT2D eigenvalue weighted by Gasteiger charge is 2.12. The smallest absolute Gasteiger partial charge is 0.327 e. The summed E-state index contributed by atoms with van der Waals surface area (Å²) in [6.45, 7) is 4.07. The molecule has 114 valence electrons. The van der Waals surface area contributed by atoms with E-state index in [4.69, 9.17) is 4.74 Å². The van der Waals surface area contributed by atoms with Crippen LogP contribution in [0, 0.1) is 0 Å². The summed E-state index contributed by atoms with van der Waals surface area (Å²) in [5.74, 6) is 2.13. The molecule has 0 aliphatic heterocycles. The maximum atomic E-state index is 5.80. The van der Waals surface area contributed by atoms with Gasteiger partial charge in [-0.25, -0.2) is 0 Å². The third kappa shape index (κ3) is 2.83. The molecule has 0 saturated heterocycles. The van der Waals surface area contributed by atoms with Gasteiger partial charge >= 0.3 is 6.01 Å². The van der Waals surface area contributed by atoms with Crippen LogP contribution in [0.25, 0.3) is 10.9 Å². The molecule has 3 aromatic rings. The Morgan fingerprint density at radius 2 is 1.95 bits per heavy atom. The van der Waals surface area contributed by atoms with Gasteiger partial charge < -0.3 is 9.64 Å². The Hall–Kier alpha value is -2.70. The van der Waals surface area contributed by atoms with Gasteiger partial charge in [0.05, 0.1) is 11.7 Å². The van der Waals surface area contributed by atoms with E-state index in [1.807, 2.05) is 51.0 Å². The molecule has 0 saturated carbocycles. The SMILES string of the molecule is CC(C)c1nc(Oc2ccc3cn[nH]c3c2)nc(N(C)C)n1. The van der Waals surface area contributed by atoms with Crippen LogP contribution in [0.15, 0.2) is 24.4 Å². The molecule has 0 aliphatic carbocycles. The van der Waals surface area contributed by atoms with Gasteiger partial charge in [0.2, 0.25) is 5.95 Å². The van der Waals surface area contributed by atoms with Crippen molar-refractivity contribution in [1.82, 2.24) is 25.1 Å². The van der Waals surface area contributed by atoms with Crippen LogP contribution >= 0.6 is 0 Å². The number of hydrogen-bond donors (Lipinski definition) is 1. The summed E-state index contributed by atoms with van der Waals surface area (Å²) in [5, 5.41) is 7.94. The molecule has 0 unspecified atom stereocenters. The predicted molar refractivity (Wildman–Crippen MR) is 84.4 cm³/mol. The van der Waals surface area contributed by atoms with Crippen LogP contribution in [-0.4, -0.2) is 39.2 Å². The van der Waals surface area contributed by atoms with Crippen LogP contribution in [0.4, 0.5) is 5.95 Å². The number of aromatic amines is 1. The first kappa shape index (κ1) is 14.2. The van der Waals surface area contributed by atoms with Crippen molar-refractivity contribution >= 4 is 16.9 Å². The Morgan fingerprint density at radius 3 is 2.68 bits per heavy atom. The van der Waals surface area contributed by atoms with Gasteiger partial charge in [-0.05, 0) is 12.1 Å². The molecule has 22 heavy (non-hydrogen) atoms. The molecule has 0 bridgehead atoms. The van der Waals surface area contributed by atoms with Crippen molar-refractivity contribution in [1.29, 1.82) is 0 Å². The molecule has 0 radical (unpaired) electrons. The van der Waals surface area contributed by atoms with Crippen molar-refractivity contribution in [2.45, 2.75) is 19.8 Å². The standard InChI is InChI=1S/C15H18N6O/c1-9(2)13-17-14(21(3)4)19-15(18-13)22-11-6-5-10-8-16-20-12(10)7-11/h5-9H,1-4H3,(H,16,20). The van der Waals surface area contributed by atoms with E-state index in [-0.39, 0.29) is 5.92 Å². The van der Waals surface area contributed by atoms with Crippen LogP contribution in [0.5, 0.6) is 11.8 Å². The number of ether oxygens (including phenoxy) is 1. The molecular weight excluding hydrogens is 280 g/mol. The highest BCUT2D eigenvalue weighted by molar-refractivity contribution is 5.79. The molecule has 0 fully saturated rings. The Labute approximate surface area is 128 Å². The Balaban J connectivity index is 1.96. The van der Waals surface area contributed by atoms with E-state index in [0.717, 1.165) is 10.9 Å². The molecule has 0 atom stereocenters. The Morgan fingerprint density at radius 1 is 1.14 bits per heavy atom. The highest BCUT2D eigenvalue weighted by Crippen LogP contribution is 2.24. The van der Waals surface area contributed by atoms with E-state index in [1.165, 1.54) is 0 Å². The Bertz CT molecular complexity index is 769. The minimum absolute atomic E-state index is 0.194. The number of rotatable bonds is 4. The lowest BCUT2D eigenvalue weighted by Gasteiger charge is -2.14. The molecule has 3 rings (SSSR count). The summed E-state index contributed by atoms with van der Waals surface area (Å²) in [6.07, 6.45) is 1.77. The van der Waals surface area contributed by atoms with Gasteiger partial charge in [-0.2, -0.15) is 20.1 Å². The zero-order valence-electron chi connectivity index (χ0n) is 13.0. The molecule has 7 heteroatoms. The summed E-state index contributed by atoms with van der Waals surface area (Å²) in [4.78, 5) is 15.0. The van der Waals surface area contributed by atoms with Gasteiger partial charge in [0.25, 0.3) is 0 Å². The minimum atomic E-state index is 0.194. The number of hydrogen-bond acceptors (Lipinski definition) is 6. The van der Waals surface area contributed by atoms with Gasteiger partial charge in [0.15, 0.2) is 0 Å². The third-order valence-corrected chi connectivity index (χ3v) is 3.16. The van der Waals surface area contributed by atoms with E-state index in [9.17, 15) is 0 Å². The van der Waals surface area contributed by atoms with Crippen molar-refractivity contribution < 1.29 is 4.74 Å². The molecule has 1 aromatic carbocycles. The average Bonchev–Trinajstić information content (AvgIpc) is 2.94. The van der Waals surface area contributed by atoms with Crippen molar-refractivity contribution in [3.63, 3.8) is 0 Å². The van der Waals surface area contributed by atoms with Gasteiger partial charge in [0.1, 0.15) is 11.6 Å². The first-order chi connectivity index (χ1) is 10.5. The quantitative estimate of drug-likeness (QED) is 0.797. The molecule has 0 spiro atoms. The van der Waals surface area contributed by atoms with Crippen molar-refractivity contribution in [2.24, 2.45) is 0 Å².